The highest BCUT2D eigenvalue weighted by Gasteiger charge is 2.34. The van der Waals surface area contributed by atoms with E-state index in [1.807, 2.05) is 36.1 Å². The number of rotatable bonds is 6. The van der Waals surface area contributed by atoms with Crippen LogP contribution in [0.4, 0.5) is 0 Å². The highest BCUT2D eigenvalue weighted by molar-refractivity contribution is 7.11. The van der Waals surface area contributed by atoms with E-state index in [1.54, 1.807) is 5.51 Å². The van der Waals surface area contributed by atoms with Crippen LogP contribution in [0.5, 0.6) is 0 Å². The lowest BCUT2D eigenvalue weighted by molar-refractivity contribution is 0.0733. The minimum atomic E-state index is -0.00976. The zero-order valence-electron chi connectivity index (χ0n) is 14.2. The maximum absolute atomic E-state index is 12.8. The Morgan fingerprint density at radius 3 is 2.48 bits per heavy atom. The molecule has 2 aromatic rings. The van der Waals surface area contributed by atoms with Crippen molar-refractivity contribution in [3.05, 3.63) is 51.5 Å². The van der Waals surface area contributed by atoms with Crippen LogP contribution in [0.2, 0.25) is 0 Å². The van der Waals surface area contributed by atoms with E-state index >= 15 is 0 Å². The van der Waals surface area contributed by atoms with Crippen molar-refractivity contribution in [2.45, 2.75) is 51.2 Å². The Labute approximate surface area is 151 Å². The van der Waals surface area contributed by atoms with E-state index in [4.69, 9.17) is 0 Å². The molecule has 0 bridgehead atoms. The molecule has 1 N–H and O–H groups in total. The molecule has 0 saturated heterocycles. The first-order valence-electron chi connectivity index (χ1n) is 8.72. The van der Waals surface area contributed by atoms with Crippen molar-refractivity contribution >= 4 is 23.2 Å². The van der Waals surface area contributed by atoms with Crippen LogP contribution in [0.25, 0.3) is 0 Å². The molecule has 2 aliphatic rings. The third-order valence-electron chi connectivity index (χ3n) is 4.67. The van der Waals surface area contributed by atoms with Crippen LogP contribution in [0.15, 0.2) is 29.8 Å². The van der Waals surface area contributed by atoms with Gasteiger partial charge in [0.05, 0.1) is 11.2 Å². The van der Waals surface area contributed by atoms with Crippen molar-refractivity contribution in [1.82, 2.24) is 15.2 Å². The van der Waals surface area contributed by atoms with Crippen molar-refractivity contribution < 1.29 is 9.59 Å². The maximum atomic E-state index is 12.8. The first kappa shape index (κ1) is 16.3. The quantitative estimate of drug-likeness (QED) is 0.866. The summed E-state index contributed by atoms with van der Waals surface area (Å²) in [6.45, 7) is 2.45. The van der Waals surface area contributed by atoms with Crippen LogP contribution < -0.4 is 5.32 Å². The van der Waals surface area contributed by atoms with Crippen LogP contribution >= 0.6 is 11.3 Å². The van der Waals surface area contributed by atoms with E-state index in [1.165, 1.54) is 11.3 Å². The number of carbonyl (C=O) groups excluding carboxylic acids is 2. The molecule has 4 rings (SSSR count). The van der Waals surface area contributed by atoms with Crippen molar-refractivity contribution in [2.75, 3.05) is 0 Å². The number of amides is 2. The lowest BCUT2D eigenvalue weighted by Crippen LogP contribution is -2.32. The summed E-state index contributed by atoms with van der Waals surface area (Å²) in [5.74, 6) is 0.0579. The molecular weight excluding hydrogens is 334 g/mol. The fraction of sp³-hybridized carbons (Fsp3) is 0.421. The second kappa shape index (κ2) is 6.59. The smallest absolute Gasteiger partial charge is 0.266 e. The molecule has 6 heteroatoms. The number of aryl methyl sites for hydroxylation is 1. The molecule has 2 fully saturated rings. The lowest BCUT2D eigenvalue weighted by atomic mass is 10.1. The molecule has 0 unspecified atom stereocenters. The minimum Gasteiger partial charge on any atom is -0.349 e. The van der Waals surface area contributed by atoms with Crippen LogP contribution in [-0.2, 0) is 6.54 Å². The minimum absolute atomic E-state index is 0.00976. The molecule has 0 atom stereocenters. The molecule has 2 amide bonds. The summed E-state index contributed by atoms with van der Waals surface area (Å²) in [5.41, 5.74) is 4.25. The summed E-state index contributed by atoms with van der Waals surface area (Å²) in [5, 5.41) is 2.99. The standard InChI is InChI=1S/C19H21N3O2S/c1-12-17(25-11-20-12)19(24)22(16-8-9-16)10-13-2-4-14(5-3-13)18(23)21-15-6-7-15/h2-5,11,15-16H,6-10H2,1H3,(H,21,23). The van der Waals surface area contributed by atoms with Gasteiger partial charge in [0.15, 0.2) is 0 Å². The number of hydrogen-bond donors (Lipinski definition) is 1. The first-order chi connectivity index (χ1) is 12.1. The van der Waals surface area contributed by atoms with E-state index in [-0.39, 0.29) is 11.8 Å². The van der Waals surface area contributed by atoms with Gasteiger partial charge in [-0.25, -0.2) is 4.98 Å². The normalized spacial score (nSPS) is 16.5. The average Bonchev–Trinajstić information content (AvgIpc) is 3.53. The van der Waals surface area contributed by atoms with Gasteiger partial charge in [0, 0.05) is 24.2 Å². The molecule has 1 aromatic carbocycles. The summed E-state index contributed by atoms with van der Waals surface area (Å²) >= 11 is 1.40. The summed E-state index contributed by atoms with van der Waals surface area (Å²) in [6, 6.07) is 8.28. The van der Waals surface area contributed by atoms with Gasteiger partial charge >= 0.3 is 0 Å². The largest absolute Gasteiger partial charge is 0.349 e. The topological polar surface area (TPSA) is 62.3 Å². The molecule has 2 saturated carbocycles. The van der Waals surface area contributed by atoms with Crippen molar-refractivity contribution in [3.63, 3.8) is 0 Å². The average molecular weight is 355 g/mol. The summed E-state index contributed by atoms with van der Waals surface area (Å²) < 4.78 is 0. The number of thiazole rings is 1. The predicted octanol–water partition coefficient (Wildman–Crippen LogP) is 3.15. The van der Waals surface area contributed by atoms with Gasteiger partial charge in [0.1, 0.15) is 4.88 Å². The Bertz CT molecular complexity index is 791. The Morgan fingerprint density at radius 1 is 1.20 bits per heavy atom. The van der Waals surface area contributed by atoms with E-state index in [9.17, 15) is 9.59 Å². The highest BCUT2D eigenvalue weighted by Crippen LogP contribution is 2.31. The third kappa shape index (κ3) is 3.74. The summed E-state index contributed by atoms with van der Waals surface area (Å²) in [6.07, 6.45) is 4.29. The van der Waals surface area contributed by atoms with Crippen molar-refractivity contribution in [3.8, 4) is 0 Å². The Morgan fingerprint density at radius 2 is 1.92 bits per heavy atom. The SMILES string of the molecule is Cc1ncsc1C(=O)N(Cc1ccc(C(=O)NC2CC2)cc1)C1CC1. The molecule has 0 aliphatic heterocycles. The Balaban J connectivity index is 1.46. The number of nitrogens with one attached hydrogen (secondary N) is 1. The third-order valence-corrected chi connectivity index (χ3v) is 5.59. The van der Waals surface area contributed by atoms with Gasteiger partial charge in [-0.05, 0) is 50.3 Å². The van der Waals surface area contributed by atoms with Gasteiger partial charge < -0.3 is 10.2 Å². The van der Waals surface area contributed by atoms with Gasteiger partial charge in [-0.2, -0.15) is 0 Å². The van der Waals surface area contributed by atoms with E-state index in [0.29, 0.717) is 24.2 Å². The van der Waals surface area contributed by atoms with Crippen LogP contribution in [0.1, 0.15) is 57.0 Å². The fourth-order valence-electron chi connectivity index (χ4n) is 2.85. The Kier molecular flexibility index (Phi) is 4.29. The van der Waals surface area contributed by atoms with Crippen molar-refractivity contribution in [2.24, 2.45) is 0 Å². The molecule has 25 heavy (non-hydrogen) atoms. The van der Waals surface area contributed by atoms with Gasteiger partial charge in [-0.15, -0.1) is 11.3 Å². The van der Waals surface area contributed by atoms with E-state index in [0.717, 1.165) is 41.8 Å². The highest BCUT2D eigenvalue weighted by atomic mass is 32.1. The number of hydrogen-bond acceptors (Lipinski definition) is 4. The Hall–Kier alpha value is -2.21. The lowest BCUT2D eigenvalue weighted by Gasteiger charge is -2.22. The molecule has 2 aliphatic carbocycles. The maximum Gasteiger partial charge on any atom is 0.266 e. The first-order valence-corrected chi connectivity index (χ1v) is 9.60. The monoisotopic (exact) mass is 355 g/mol. The van der Waals surface area contributed by atoms with Crippen molar-refractivity contribution in [1.29, 1.82) is 0 Å². The van der Waals surface area contributed by atoms with Crippen LogP contribution in [-0.4, -0.2) is 33.8 Å². The fourth-order valence-corrected chi connectivity index (χ4v) is 3.60. The van der Waals surface area contributed by atoms with Gasteiger partial charge in [-0.1, -0.05) is 12.1 Å². The molecule has 5 nitrogen and oxygen atoms in total. The number of nitrogens with zero attached hydrogens (tertiary/aromatic N) is 2. The predicted molar refractivity (Wildman–Crippen MR) is 96.7 cm³/mol. The molecular formula is C19H21N3O2S. The molecule has 130 valence electrons. The number of carbonyl (C=O) groups is 2. The van der Waals surface area contributed by atoms with Gasteiger partial charge in [-0.3, -0.25) is 9.59 Å². The van der Waals surface area contributed by atoms with Crippen LogP contribution in [0, 0.1) is 6.92 Å². The number of aromatic nitrogens is 1. The van der Waals surface area contributed by atoms with Gasteiger partial charge in [0.25, 0.3) is 11.8 Å². The van der Waals surface area contributed by atoms with E-state index in [2.05, 4.69) is 10.3 Å². The summed E-state index contributed by atoms with van der Waals surface area (Å²) in [7, 11) is 0. The zero-order valence-corrected chi connectivity index (χ0v) is 15.0. The second-order valence-electron chi connectivity index (χ2n) is 6.88. The zero-order chi connectivity index (χ0) is 17.4. The summed E-state index contributed by atoms with van der Waals surface area (Å²) in [4.78, 5) is 31.8. The molecule has 0 spiro atoms. The second-order valence-corrected chi connectivity index (χ2v) is 7.73. The molecule has 1 aromatic heterocycles. The molecule has 1 heterocycles. The molecule has 0 radical (unpaired) electrons. The number of benzene rings is 1. The van der Waals surface area contributed by atoms with Crippen LogP contribution in [0.3, 0.4) is 0 Å². The van der Waals surface area contributed by atoms with Gasteiger partial charge in [0.2, 0.25) is 0 Å². The van der Waals surface area contributed by atoms with E-state index < -0.39 is 0 Å².